The summed E-state index contributed by atoms with van der Waals surface area (Å²) in [6.07, 6.45) is 1.05. The molecule has 0 unspecified atom stereocenters. The fourth-order valence-electron chi connectivity index (χ4n) is 1.82. The lowest BCUT2D eigenvalue weighted by molar-refractivity contribution is 0.0643. The first-order valence-electron chi connectivity index (χ1n) is 6.77. The van der Waals surface area contributed by atoms with Gasteiger partial charge in [0.25, 0.3) is 5.91 Å². The molecule has 0 spiro atoms. The predicted molar refractivity (Wildman–Crippen MR) is 78.7 cm³/mol. The first-order chi connectivity index (χ1) is 10.6. The van der Waals surface area contributed by atoms with Gasteiger partial charge >= 0.3 is 5.97 Å². The van der Waals surface area contributed by atoms with Crippen molar-refractivity contribution in [1.82, 2.24) is 4.90 Å². The minimum absolute atomic E-state index is 0.00274. The van der Waals surface area contributed by atoms with E-state index in [1.54, 1.807) is 7.05 Å². The number of rotatable bonds is 7. The average molecular weight is 303 g/mol. The number of hydrogen-bond acceptors (Lipinski definition) is 4. The van der Waals surface area contributed by atoms with Crippen LogP contribution in [0.1, 0.15) is 26.5 Å². The first kappa shape index (κ1) is 15.8. The Bertz CT molecular complexity index is 635. The van der Waals surface area contributed by atoms with E-state index in [1.807, 2.05) is 30.3 Å². The topological polar surface area (TPSA) is 80.0 Å². The Morgan fingerprint density at radius 2 is 2.00 bits per heavy atom. The highest BCUT2D eigenvalue weighted by Crippen LogP contribution is 2.10. The smallest absolute Gasteiger partial charge is 0.338 e. The lowest BCUT2D eigenvalue weighted by atomic mass is 10.2. The molecule has 0 fully saturated rings. The molecule has 6 nitrogen and oxygen atoms in total. The number of carbonyl (C=O) groups is 2. The van der Waals surface area contributed by atoms with Crippen molar-refractivity contribution in [1.29, 1.82) is 0 Å². The summed E-state index contributed by atoms with van der Waals surface area (Å²) in [5, 5.41) is 8.80. The third-order valence-electron chi connectivity index (χ3n) is 3.09. The van der Waals surface area contributed by atoms with Gasteiger partial charge in [0.05, 0.1) is 18.8 Å². The van der Waals surface area contributed by atoms with Crippen LogP contribution in [0.4, 0.5) is 0 Å². The Kier molecular flexibility index (Phi) is 5.32. The zero-order valence-electron chi connectivity index (χ0n) is 12.2. The van der Waals surface area contributed by atoms with Gasteiger partial charge in [0.15, 0.2) is 5.76 Å². The molecule has 1 amide bonds. The normalized spacial score (nSPS) is 10.4. The van der Waals surface area contributed by atoms with Gasteiger partial charge in [0, 0.05) is 19.7 Å². The van der Waals surface area contributed by atoms with E-state index in [-0.39, 0.29) is 17.2 Å². The quantitative estimate of drug-likeness (QED) is 0.794. The maximum atomic E-state index is 12.0. The Labute approximate surface area is 127 Å². The van der Waals surface area contributed by atoms with Crippen LogP contribution in [0.2, 0.25) is 0 Å². The first-order valence-corrected chi connectivity index (χ1v) is 6.77. The fourth-order valence-corrected chi connectivity index (χ4v) is 1.82. The number of carbonyl (C=O) groups excluding carboxylic acids is 1. The van der Waals surface area contributed by atoms with E-state index in [2.05, 4.69) is 0 Å². The Hall–Kier alpha value is -2.60. The lowest BCUT2D eigenvalue weighted by Gasteiger charge is -2.15. The Morgan fingerprint density at radius 3 is 2.64 bits per heavy atom. The molecule has 22 heavy (non-hydrogen) atoms. The van der Waals surface area contributed by atoms with Crippen LogP contribution in [0.25, 0.3) is 0 Å². The van der Waals surface area contributed by atoms with E-state index in [4.69, 9.17) is 14.3 Å². The molecule has 1 aromatic heterocycles. The number of furan rings is 1. The zero-order chi connectivity index (χ0) is 15.9. The van der Waals surface area contributed by atoms with Gasteiger partial charge in [-0.05, 0) is 5.56 Å². The number of likely N-dealkylation sites (N-methyl/N-ethyl adjacent to an activating group) is 1. The highest BCUT2D eigenvalue weighted by atomic mass is 16.5. The number of amides is 1. The van der Waals surface area contributed by atoms with Crippen molar-refractivity contribution in [3.8, 4) is 0 Å². The highest BCUT2D eigenvalue weighted by molar-refractivity contribution is 5.95. The lowest BCUT2D eigenvalue weighted by Crippen LogP contribution is -2.29. The second-order valence-corrected chi connectivity index (χ2v) is 4.77. The number of hydrogen-bond donors (Lipinski definition) is 1. The standard InChI is InChI=1S/C16H17NO5/c1-17(7-8-21-10-12-5-3-2-4-6-12)15(18)14-9-13(11-22-14)16(19)20/h2-6,9,11H,7-8,10H2,1H3,(H,19,20). The van der Waals surface area contributed by atoms with Crippen molar-refractivity contribution in [2.24, 2.45) is 0 Å². The van der Waals surface area contributed by atoms with E-state index in [0.29, 0.717) is 19.8 Å². The number of benzene rings is 1. The van der Waals surface area contributed by atoms with Crippen LogP contribution in [0.5, 0.6) is 0 Å². The molecule has 0 aliphatic heterocycles. The molecular weight excluding hydrogens is 286 g/mol. The summed E-state index contributed by atoms with van der Waals surface area (Å²) in [7, 11) is 1.61. The summed E-state index contributed by atoms with van der Waals surface area (Å²) >= 11 is 0. The van der Waals surface area contributed by atoms with E-state index in [1.165, 1.54) is 11.0 Å². The van der Waals surface area contributed by atoms with Crippen molar-refractivity contribution in [3.63, 3.8) is 0 Å². The molecule has 0 aliphatic rings. The van der Waals surface area contributed by atoms with Crippen LogP contribution in [-0.4, -0.2) is 42.1 Å². The molecule has 0 aliphatic carbocycles. The van der Waals surface area contributed by atoms with Gasteiger partial charge in [0.2, 0.25) is 0 Å². The maximum absolute atomic E-state index is 12.0. The molecule has 2 aromatic rings. The van der Waals surface area contributed by atoms with Crippen LogP contribution in [0.3, 0.4) is 0 Å². The van der Waals surface area contributed by atoms with Gasteiger partial charge in [-0.1, -0.05) is 30.3 Å². The van der Waals surface area contributed by atoms with Crippen molar-refractivity contribution < 1.29 is 23.8 Å². The molecule has 0 radical (unpaired) electrons. The summed E-state index contributed by atoms with van der Waals surface area (Å²) < 4.78 is 10.5. The maximum Gasteiger partial charge on any atom is 0.338 e. The molecule has 6 heteroatoms. The highest BCUT2D eigenvalue weighted by Gasteiger charge is 2.18. The van der Waals surface area contributed by atoms with Crippen LogP contribution in [-0.2, 0) is 11.3 Å². The van der Waals surface area contributed by atoms with Crippen molar-refractivity contribution in [2.45, 2.75) is 6.61 Å². The molecule has 116 valence electrons. The Morgan fingerprint density at radius 1 is 1.27 bits per heavy atom. The van der Waals surface area contributed by atoms with Crippen LogP contribution in [0, 0.1) is 0 Å². The van der Waals surface area contributed by atoms with Gasteiger partial charge in [0.1, 0.15) is 6.26 Å². The van der Waals surface area contributed by atoms with Crippen molar-refractivity contribution in [2.75, 3.05) is 20.2 Å². The molecular formula is C16H17NO5. The summed E-state index contributed by atoms with van der Waals surface area (Å²) in [6.45, 7) is 1.24. The monoisotopic (exact) mass is 303 g/mol. The van der Waals surface area contributed by atoms with Gasteiger partial charge < -0.3 is 19.2 Å². The van der Waals surface area contributed by atoms with Gasteiger partial charge in [-0.25, -0.2) is 4.79 Å². The largest absolute Gasteiger partial charge is 0.478 e. The van der Waals surface area contributed by atoms with Gasteiger partial charge in [-0.2, -0.15) is 0 Å². The molecule has 0 atom stereocenters. The van der Waals surface area contributed by atoms with E-state index >= 15 is 0 Å². The minimum Gasteiger partial charge on any atom is -0.478 e. The van der Waals surface area contributed by atoms with Crippen LogP contribution >= 0.6 is 0 Å². The van der Waals surface area contributed by atoms with Crippen LogP contribution in [0.15, 0.2) is 47.1 Å². The molecule has 0 bridgehead atoms. The van der Waals surface area contributed by atoms with E-state index in [0.717, 1.165) is 11.8 Å². The number of carboxylic acids is 1. The second kappa shape index (κ2) is 7.42. The molecule has 1 N–H and O–H groups in total. The molecule has 1 aromatic carbocycles. The summed E-state index contributed by atoms with van der Waals surface area (Å²) in [6, 6.07) is 10.9. The number of aromatic carboxylic acids is 1. The number of carboxylic acid groups (broad SMARTS) is 1. The summed E-state index contributed by atoms with van der Waals surface area (Å²) in [5.41, 5.74) is 1.02. The average Bonchev–Trinajstić information content (AvgIpc) is 3.02. The Balaban J connectivity index is 1.77. The van der Waals surface area contributed by atoms with E-state index < -0.39 is 5.97 Å². The number of nitrogens with zero attached hydrogens (tertiary/aromatic N) is 1. The molecule has 2 rings (SSSR count). The molecule has 0 saturated heterocycles. The van der Waals surface area contributed by atoms with E-state index in [9.17, 15) is 9.59 Å². The zero-order valence-corrected chi connectivity index (χ0v) is 12.2. The third kappa shape index (κ3) is 4.20. The van der Waals surface area contributed by atoms with Crippen LogP contribution < -0.4 is 0 Å². The summed E-state index contributed by atoms with van der Waals surface area (Å²) in [4.78, 5) is 24.2. The predicted octanol–water partition coefficient (Wildman–Crippen LogP) is 2.27. The molecule has 0 saturated carbocycles. The van der Waals surface area contributed by atoms with Crippen molar-refractivity contribution in [3.05, 3.63) is 59.5 Å². The summed E-state index contributed by atoms with van der Waals surface area (Å²) in [5.74, 6) is -1.50. The fraction of sp³-hybridized carbons (Fsp3) is 0.250. The van der Waals surface area contributed by atoms with Gasteiger partial charge in [-0.3, -0.25) is 4.79 Å². The minimum atomic E-state index is -1.13. The van der Waals surface area contributed by atoms with Gasteiger partial charge in [-0.15, -0.1) is 0 Å². The third-order valence-corrected chi connectivity index (χ3v) is 3.09. The number of ether oxygens (including phenoxy) is 1. The second-order valence-electron chi connectivity index (χ2n) is 4.77. The molecule has 1 heterocycles. The SMILES string of the molecule is CN(CCOCc1ccccc1)C(=O)c1cc(C(=O)O)co1. The van der Waals surface area contributed by atoms with Crippen molar-refractivity contribution >= 4 is 11.9 Å².